The zero-order valence-electron chi connectivity index (χ0n) is 12.7. The molecule has 2 aromatic carbocycles. The Morgan fingerprint density at radius 1 is 1.28 bits per heavy atom. The van der Waals surface area contributed by atoms with Crippen LogP contribution in [-0.4, -0.2) is 14.8 Å². The third kappa shape index (κ3) is 2.88. The molecule has 0 bridgehead atoms. The molecule has 0 spiro atoms. The maximum atomic E-state index is 14.5. The van der Waals surface area contributed by atoms with Crippen molar-refractivity contribution < 1.29 is 13.5 Å². The molecule has 25 heavy (non-hydrogen) atoms. The van der Waals surface area contributed by atoms with Crippen molar-refractivity contribution in [2.45, 2.75) is 18.2 Å². The van der Waals surface area contributed by atoms with E-state index in [1.165, 1.54) is 18.5 Å². The predicted octanol–water partition coefficient (Wildman–Crippen LogP) is 4.54. The quantitative estimate of drug-likeness (QED) is 0.534. The number of aromatic amines is 1. The van der Waals surface area contributed by atoms with Crippen LogP contribution >= 0.6 is 23.8 Å². The van der Waals surface area contributed by atoms with Crippen LogP contribution in [0.3, 0.4) is 0 Å². The molecule has 1 fully saturated rings. The third-order valence-electron chi connectivity index (χ3n) is 4.23. The summed E-state index contributed by atoms with van der Waals surface area (Å²) in [6, 6.07) is 10.7. The van der Waals surface area contributed by atoms with Crippen molar-refractivity contribution in [2.24, 2.45) is 0 Å². The Bertz CT molecular complexity index is 1010. The van der Waals surface area contributed by atoms with Gasteiger partial charge in [-0.25, -0.2) is 13.8 Å². The number of nitrogens with one attached hydrogen (secondary N) is 1. The monoisotopic (exact) mass is 379 g/mol. The van der Waals surface area contributed by atoms with Gasteiger partial charge in [0.05, 0.1) is 6.54 Å². The lowest BCUT2D eigenvalue weighted by atomic mass is 9.91. The van der Waals surface area contributed by atoms with E-state index in [0.717, 1.165) is 11.6 Å². The molecule has 2 heterocycles. The van der Waals surface area contributed by atoms with E-state index >= 15 is 0 Å². The Kier molecular flexibility index (Phi) is 3.94. The highest BCUT2D eigenvalue weighted by Crippen LogP contribution is 2.59. The number of benzene rings is 2. The maximum Gasteiger partial charge on any atom is 0.213 e. The van der Waals surface area contributed by atoms with Crippen LogP contribution < -0.4 is 0 Å². The van der Waals surface area contributed by atoms with Crippen molar-refractivity contribution >= 4 is 23.8 Å². The maximum absolute atomic E-state index is 14.5. The zero-order valence-corrected chi connectivity index (χ0v) is 14.3. The second-order valence-corrected chi connectivity index (χ2v) is 6.62. The lowest BCUT2D eigenvalue weighted by molar-refractivity contribution is 0.256. The van der Waals surface area contributed by atoms with Gasteiger partial charge in [-0.2, -0.15) is 0 Å². The molecule has 8 heteroatoms. The molecule has 128 valence electrons. The smallest absolute Gasteiger partial charge is 0.213 e. The van der Waals surface area contributed by atoms with Gasteiger partial charge in [-0.1, -0.05) is 35.9 Å². The van der Waals surface area contributed by atoms with Crippen molar-refractivity contribution in [2.75, 3.05) is 0 Å². The Labute approximate surface area is 152 Å². The highest BCUT2D eigenvalue weighted by atomic mass is 35.5. The van der Waals surface area contributed by atoms with Gasteiger partial charge in [-0.05, 0) is 24.4 Å². The molecule has 2 atom stereocenters. The third-order valence-corrected chi connectivity index (χ3v) is 4.77. The van der Waals surface area contributed by atoms with Gasteiger partial charge in [-0.3, -0.25) is 9.78 Å². The van der Waals surface area contributed by atoms with Crippen LogP contribution in [0.4, 0.5) is 8.78 Å². The summed E-state index contributed by atoms with van der Waals surface area (Å²) in [4.78, 5) is 3.96. The van der Waals surface area contributed by atoms with Crippen molar-refractivity contribution in [3.05, 3.63) is 81.3 Å². The number of hydrogen-bond acceptors (Lipinski definition) is 3. The van der Waals surface area contributed by atoms with E-state index in [0.29, 0.717) is 9.79 Å². The largest absolute Gasteiger partial charge is 0.354 e. The first-order valence-corrected chi connectivity index (χ1v) is 8.27. The summed E-state index contributed by atoms with van der Waals surface area (Å²) in [7, 11) is 0. The first-order chi connectivity index (χ1) is 12.0. The summed E-state index contributed by atoms with van der Waals surface area (Å²) < 4.78 is 35.7. The highest BCUT2D eigenvalue weighted by molar-refractivity contribution is 7.71. The van der Waals surface area contributed by atoms with E-state index in [-0.39, 0.29) is 12.1 Å². The molecule has 0 unspecified atom stereocenters. The number of ether oxygens (including phenoxy) is 1. The summed E-state index contributed by atoms with van der Waals surface area (Å²) >= 11 is 11.2. The van der Waals surface area contributed by atoms with Gasteiger partial charge in [0.15, 0.2) is 0 Å². The van der Waals surface area contributed by atoms with Crippen molar-refractivity contribution in [1.29, 1.82) is 0 Å². The van der Waals surface area contributed by atoms with E-state index in [4.69, 9.17) is 28.6 Å². The summed E-state index contributed by atoms with van der Waals surface area (Å²) in [5.74, 6) is -1.32. The predicted molar refractivity (Wildman–Crippen MR) is 90.7 cm³/mol. The molecule has 1 saturated heterocycles. The van der Waals surface area contributed by atoms with Gasteiger partial charge in [0.1, 0.15) is 29.7 Å². The first-order valence-electron chi connectivity index (χ1n) is 7.49. The average Bonchev–Trinajstić information content (AvgIpc) is 3.12. The molecule has 1 aliphatic rings. The van der Waals surface area contributed by atoms with E-state index in [1.807, 2.05) is 18.2 Å². The second-order valence-electron chi connectivity index (χ2n) is 5.82. The molecule has 1 aliphatic heterocycles. The van der Waals surface area contributed by atoms with E-state index in [1.54, 1.807) is 10.7 Å². The van der Waals surface area contributed by atoms with Gasteiger partial charge in [0.25, 0.3) is 0 Å². The SMILES string of the molecule is Fc1ccc([C@@]2(Cn3cnc(=S)[nH]3)O[C@@H]2c2ccccc2Cl)c(F)c1. The molecule has 1 aromatic heterocycles. The number of H-pyrrole nitrogens is 1. The van der Waals surface area contributed by atoms with Crippen molar-refractivity contribution in [3.8, 4) is 0 Å². The van der Waals surface area contributed by atoms with E-state index in [2.05, 4.69) is 10.1 Å². The van der Waals surface area contributed by atoms with Gasteiger partial charge >= 0.3 is 0 Å². The van der Waals surface area contributed by atoms with Crippen molar-refractivity contribution in [3.63, 3.8) is 0 Å². The second kappa shape index (κ2) is 6.01. The fraction of sp³-hybridized carbons (Fsp3) is 0.176. The van der Waals surface area contributed by atoms with E-state index in [9.17, 15) is 8.78 Å². The van der Waals surface area contributed by atoms with Crippen LogP contribution in [0.25, 0.3) is 0 Å². The number of aromatic nitrogens is 3. The first kappa shape index (κ1) is 16.4. The summed E-state index contributed by atoms with van der Waals surface area (Å²) in [5, 5.41) is 3.39. The standard InChI is InChI=1S/C17H12ClF2N3OS/c18-13-4-2-1-3-11(13)15-17(24-15,8-23-9-21-16(25)22-23)12-6-5-10(19)7-14(12)20/h1-7,9,15H,8H2,(H,22,25)/t15-,17-/m1/s1. The van der Waals surface area contributed by atoms with Gasteiger partial charge in [-0.15, -0.1) is 0 Å². The molecular formula is C17H12ClF2N3OS. The van der Waals surface area contributed by atoms with Crippen molar-refractivity contribution in [1.82, 2.24) is 14.8 Å². The molecule has 4 nitrogen and oxygen atoms in total. The molecular weight excluding hydrogens is 368 g/mol. The Balaban J connectivity index is 1.80. The van der Waals surface area contributed by atoms with Gasteiger partial charge in [0.2, 0.25) is 4.77 Å². The normalized spacial score (nSPS) is 22.1. The average molecular weight is 380 g/mol. The van der Waals surface area contributed by atoms with Gasteiger partial charge in [0, 0.05) is 22.2 Å². The zero-order chi connectivity index (χ0) is 17.6. The fourth-order valence-corrected chi connectivity index (χ4v) is 3.46. The Hall–Kier alpha value is -2.09. The minimum atomic E-state index is -1.03. The lowest BCUT2D eigenvalue weighted by Gasteiger charge is -2.15. The van der Waals surface area contributed by atoms with Gasteiger partial charge < -0.3 is 4.74 Å². The molecule has 0 radical (unpaired) electrons. The van der Waals surface area contributed by atoms with Crippen LogP contribution in [0, 0.1) is 16.4 Å². The molecule has 0 saturated carbocycles. The molecule has 3 aromatic rings. The number of halogens is 3. The minimum Gasteiger partial charge on any atom is -0.354 e. The Morgan fingerprint density at radius 2 is 2.08 bits per heavy atom. The summed E-state index contributed by atoms with van der Waals surface area (Å²) in [6.07, 6.45) is 1.04. The number of nitrogens with zero attached hydrogens (tertiary/aromatic N) is 2. The topological polar surface area (TPSA) is 46.1 Å². The molecule has 1 N–H and O–H groups in total. The number of hydrogen-bond donors (Lipinski definition) is 1. The molecule has 4 rings (SSSR count). The summed E-state index contributed by atoms with van der Waals surface area (Å²) in [6.45, 7) is 0.231. The molecule has 0 amide bonds. The Morgan fingerprint density at radius 3 is 2.76 bits per heavy atom. The van der Waals surface area contributed by atoms with Crippen LogP contribution in [-0.2, 0) is 16.9 Å². The minimum absolute atomic E-state index is 0.231. The molecule has 0 aliphatic carbocycles. The lowest BCUT2D eigenvalue weighted by Crippen LogP contribution is -2.21. The summed E-state index contributed by atoms with van der Waals surface area (Å²) in [5.41, 5.74) is -0.0275. The number of rotatable bonds is 4. The van der Waals surface area contributed by atoms with Crippen LogP contribution in [0.1, 0.15) is 17.2 Å². The van der Waals surface area contributed by atoms with Crippen LogP contribution in [0.5, 0.6) is 0 Å². The van der Waals surface area contributed by atoms with Crippen LogP contribution in [0.2, 0.25) is 5.02 Å². The fourth-order valence-electron chi connectivity index (χ4n) is 3.06. The van der Waals surface area contributed by atoms with E-state index < -0.39 is 23.3 Å². The van der Waals surface area contributed by atoms with Crippen LogP contribution in [0.15, 0.2) is 48.8 Å². The highest BCUT2D eigenvalue weighted by Gasteiger charge is 2.60. The number of epoxide rings is 1.